The van der Waals surface area contributed by atoms with E-state index in [0.717, 1.165) is 5.56 Å². The molecule has 0 aromatic heterocycles. The van der Waals surface area contributed by atoms with Crippen molar-refractivity contribution in [1.82, 2.24) is 0 Å². The lowest BCUT2D eigenvalue weighted by Gasteiger charge is -2.07. The van der Waals surface area contributed by atoms with Gasteiger partial charge in [-0.1, -0.05) is 24.3 Å². The molecule has 0 atom stereocenters. The van der Waals surface area contributed by atoms with Crippen molar-refractivity contribution in [3.05, 3.63) is 54.1 Å². The molecule has 0 amide bonds. The molecule has 0 N–H and O–H groups in total. The number of benzene rings is 2. The number of hydrogen-bond donors (Lipinski definition) is 0. The van der Waals surface area contributed by atoms with Crippen LogP contribution in [-0.2, 0) is 9.84 Å². The highest BCUT2D eigenvalue weighted by Gasteiger charge is 2.13. The van der Waals surface area contributed by atoms with E-state index in [1.165, 1.54) is 6.26 Å². The molecule has 0 saturated carbocycles. The fourth-order valence-electron chi connectivity index (χ4n) is 1.67. The number of rotatable bonds is 2. The van der Waals surface area contributed by atoms with E-state index in [1.807, 2.05) is 6.07 Å². The maximum Gasteiger partial charge on any atom is 0.176 e. The molecule has 4 heteroatoms. The summed E-state index contributed by atoms with van der Waals surface area (Å²) in [6, 6.07) is 16.6. The molecular formula is C14H10NO2S. The standard InChI is InChI=1S/C14H10NO2S/c1-18(16,17)14-5-3-2-4-13(14)12-8-6-11(10-15)7-9-12/h2-3,5-9H,1H3. The zero-order chi connectivity index (χ0) is 13.2. The molecule has 89 valence electrons. The summed E-state index contributed by atoms with van der Waals surface area (Å²) < 4.78 is 23.4. The van der Waals surface area contributed by atoms with Gasteiger partial charge in [0, 0.05) is 11.8 Å². The van der Waals surface area contributed by atoms with Crippen molar-refractivity contribution in [2.24, 2.45) is 0 Å². The van der Waals surface area contributed by atoms with E-state index >= 15 is 0 Å². The molecule has 0 saturated heterocycles. The monoisotopic (exact) mass is 256 g/mol. The molecule has 0 heterocycles. The number of nitriles is 1. The zero-order valence-corrected chi connectivity index (χ0v) is 10.5. The van der Waals surface area contributed by atoms with Crippen molar-refractivity contribution in [2.45, 2.75) is 4.90 Å². The third-order valence-electron chi connectivity index (χ3n) is 2.52. The highest BCUT2D eigenvalue weighted by atomic mass is 32.2. The molecule has 2 rings (SSSR count). The Morgan fingerprint density at radius 1 is 1.17 bits per heavy atom. The van der Waals surface area contributed by atoms with Crippen molar-refractivity contribution in [3.8, 4) is 17.2 Å². The van der Waals surface area contributed by atoms with Crippen LogP contribution in [0.1, 0.15) is 5.56 Å². The van der Waals surface area contributed by atoms with E-state index in [2.05, 4.69) is 6.07 Å². The first-order valence-electron chi connectivity index (χ1n) is 5.23. The molecule has 3 nitrogen and oxygen atoms in total. The molecule has 2 aromatic carbocycles. The average Bonchev–Trinajstić information content (AvgIpc) is 2.38. The second kappa shape index (κ2) is 4.63. The van der Waals surface area contributed by atoms with Gasteiger partial charge in [-0.15, -0.1) is 0 Å². The Balaban J connectivity index is 2.61. The molecule has 0 aliphatic heterocycles. The summed E-state index contributed by atoms with van der Waals surface area (Å²) in [5.74, 6) is 0. The van der Waals surface area contributed by atoms with Crippen LogP contribution in [0.4, 0.5) is 0 Å². The Hall–Kier alpha value is -2.12. The van der Waals surface area contributed by atoms with E-state index in [1.54, 1.807) is 42.5 Å². The van der Waals surface area contributed by atoms with Crippen molar-refractivity contribution in [3.63, 3.8) is 0 Å². The first-order valence-corrected chi connectivity index (χ1v) is 7.13. The van der Waals surface area contributed by atoms with Crippen LogP contribution in [0.15, 0.2) is 47.4 Å². The summed E-state index contributed by atoms with van der Waals surface area (Å²) in [5, 5.41) is 8.73. The molecule has 0 aliphatic rings. The minimum absolute atomic E-state index is 0.245. The predicted molar refractivity (Wildman–Crippen MR) is 68.5 cm³/mol. The topological polar surface area (TPSA) is 57.9 Å². The van der Waals surface area contributed by atoms with Crippen molar-refractivity contribution >= 4 is 9.84 Å². The first kappa shape index (κ1) is 12.3. The maximum absolute atomic E-state index is 11.7. The van der Waals surface area contributed by atoms with Gasteiger partial charge in [0.1, 0.15) is 0 Å². The largest absolute Gasteiger partial charge is 0.224 e. The zero-order valence-electron chi connectivity index (χ0n) is 9.71. The molecule has 2 aromatic rings. The minimum Gasteiger partial charge on any atom is -0.224 e. The summed E-state index contributed by atoms with van der Waals surface area (Å²) in [7, 11) is -3.29. The van der Waals surface area contributed by atoms with Crippen LogP contribution in [0, 0.1) is 17.4 Å². The SMILES string of the molecule is CS(=O)(=O)c1ccc[c]c1-c1ccc(C#N)cc1. The molecule has 1 radical (unpaired) electrons. The van der Waals surface area contributed by atoms with Crippen LogP contribution in [0.5, 0.6) is 0 Å². The normalized spacial score (nSPS) is 10.9. The van der Waals surface area contributed by atoms with Gasteiger partial charge in [-0.05, 0) is 29.8 Å². The lowest BCUT2D eigenvalue weighted by molar-refractivity contribution is 0.602. The van der Waals surface area contributed by atoms with Crippen LogP contribution in [0.3, 0.4) is 0 Å². The summed E-state index contributed by atoms with van der Waals surface area (Å²) >= 11 is 0. The summed E-state index contributed by atoms with van der Waals surface area (Å²) in [5.41, 5.74) is 1.80. The van der Waals surface area contributed by atoms with Gasteiger partial charge in [0.2, 0.25) is 0 Å². The van der Waals surface area contributed by atoms with Crippen molar-refractivity contribution in [1.29, 1.82) is 5.26 Å². The molecular weight excluding hydrogens is 246 g/mol. The van der Waals surface area contributed by atoms with Crippen molar-refractivity contribution in [2.75, 3.05) is 6.26 Å². The predicted octanol–water partition coefficient (Wildman–Crippen LogP) is 2.43. The molecule has 0 unspecified atom stereocenters. The third-order valence-corrected chi connectivity index (χ3v) is 3.66. The maximum atomic E-state index is 11.7. The van der Waals surface area contributed by atoms with Gasteiger partial charge < -0.3 is 0 Å². The number of sulfone groups is 1. The van der Waals surface area contributed by atoms with E-state index in [0.29, 0.717) is 11.1 Å². The lowest BCUT2D eigenvalue weighted by atomic mass is 10.0. The fraction of sp³-hybridized carbons (Fsp3) is 0.0714. The van der Waals surface area contributed by atoms with Crippen LogP contribution in [0.2, 0.25) is 0 Å². The van der Waals surface area contributed by atoms with Crippen LogP contribution >= 0.6 is 0 Å². The smallest absolute Gasteiger partial charge is 0.176 e. The average molecular weight is 256 g/mol. The molecule has 0 aliphatic carbocycles. The Morgan fingerprint density at radius 2 is 1.83 bits per heavy atom. The number of hydrogen-bond acceptors (Lipinski definition) is 3. The van der Waals surface area contributed by atoms with E-state index in [4.69, 9.17) is 5.26 Å². The minimum atomic E-state index is -3.29. The van der Waals surface area contributed by atoms with Gasteiger partial charge in [0.05, 0.1) is 16.5 Å². The lowest BCUT2D eigenvalue weighted by Crippen LogP contribution is -1.99. The first-order chi connectivity index (χ1) is 8.52. The molecule has 0 fully saturated rings. The van der Waals surface area contributed by atoms with Gasteiger partial charge in [0.15, 0.2) is 9.84 Å². The van der Waals surface area contributed by atoms with Crippen LogP contribution < -0.4 is 0 Å². The van der Waals surface area contributed by atoms with Gasteiger partial charge in [-0.3, -0.25) is 0 Å². The molecule has 18 heavy (non-hydrogen) atoms. The molecule has 0 spiro atoms. The van der Waals surface area contributed by atoms with Gasteiger partial charge in [-0.25, -0.2) is 8.42 Å². The number of nitrogens with zero attached hydrogens (tertiary/aromatic N) is 1. The highest BCUT2D eigenvalue weighted by Crippen LogP contribution is 2.26. The summed E-state index contributed by atoms with van der Waals surface area (Å²) in [6.07, 6.45) is 1.17. The van der Waals surface area contributed by atoms with E-state index < -0.39 is 9.84 Å². The quantitative estimate of drug-likeness (QED) is 0.829. The van der Waals surface area contributed by atoms with E-state index in [9.17, 15) is 8.42 Å². The van der Waals surface area contributed by atoms with Crippen molar-refractivity contribution < 1.29 is 8.42 Å². The Bertz CT molecular complexity index is 710. The molecule has 0 bridgehead atoms. The van der Waals surface area contributed by atoms with E-state index in [-0.39, 0.29) is 4.90 Å². The van der Waals surface area contributed by atoms with Crippen LogP contribution in [-0.4, -0.2) is 14.7 Å². The van der Waals surface area contributed by atoms with Crippen LogP contribution in [0.25, 0.3) is 11.1 Å². The summed E-state index contributed by atoms with van der Waals surface area (Å²) in [6.45, 7) is 0. The van der Waals surface area contributed by atoms with Gasteiger partial charge in [-0.2, -0.15) is 5.26 Å². The fourth-order valence-corrected chi connectivity index (χ4v) is 2.54. The second-order valence-corrected chi connectivity index (χ2v) is 5.85. The Kier molecular flexibility index (Phi) is 3.17. The van der Waals surface area contributed by atoms with Gasteiger partial charge in [0.25, 0.3) is 0 Å². The Labute approximate surface area is 106 Å². The third kappa shape index (κ3) is 2.41. The van der Waals surface area contributed by atoms with Gasteiger partial charge >= 0.3 is 0 Å². The highest BCUT2D eigenvalue weighted by molar-refractivity contribution is 7.90. The second-order valence-electron chi connectivity index (χ2n) is 3.87. The summed E-state index contributed by atoms with van der Waals surface area (Å²) in [4.78, 5) is 0.245. The Morgan fingerprint density at radius 3 is 2.39 bits per heavy atom.